The van der Waals surface area contributed by atoms with Crippen molar-refractivity contribution in [3.8, 4) is 22.1 Å². The Bertz CT molecular complexity index is 1500. The first-order chi connectivity index (χ1) is 18.6. The van der Waals surface area contributed by atoms with Gasteiger partial charge in [0, 0.05) is 37.2 Å². The maximum Gasteiger partial charge on any atom is 0.161 e. The summed E-state index contributed by atoms with van der Waals surface area (Å²) in [6, 6.07) is 18.3. The van der Waals surface area contributed by atoms with Crippen molar-refractivity contribution in [1.29, 1.82) is 0 Å². The number of fused-ring (bicyclic) bond motifs is 1. The Hall–Kier alpha value is -3.92. The van der Waals surface area contributed by atoms with E-state index in [2.05, 4.69) is 49.9 Å². The van der Waals surface area contributed by atoms with Crippen molar-refractivity contribution in [2.24, 2.45) is 0 Å². The van der Waals surface area contributed by atoms with Gasteiger partial charge in [-0.25, -0.2) is 15.0 Å². The fourth-order valence-corrected chi connectivity index (χ4v) is 4.84. The minimum absolute atomic E-state index is 0.671. The molecule has 0 saturated carbocycles. The average Bonchev–Trinajstić information content (AvgIpc) is 3.37. The molecule has 0 spiro atoms. The van der Waals surface area contributed by atoms with Crippen LogP contribution in [0.15, 0.2) is 67.1 Å². The van der Waals surface area contributed by atoms with E-state index in [0.29, 0.717) is 11.6 Å². The van der Waals surface area contributed by atoms with Crippen LogP contribution >= 0.6 is 11.3 Å². The molecule has 0 atom stereocenters. The van der Waals surface area contributed by atoms with Gasteiger partial charge in [0.05, 0.1) is 6.20 Å². The number of pyridine rings is 1. The molecule has 0 aliphatic rings. The van der Waals surface area contributed by atoms with Gasteiger partial charge in [-0.15, -0.1) is 0 Å². The van der Waals surface area contributed by atoms with Crippen LogP contribution in [0.25, 0.3) is 20.9 Å². The van der Waals surface area contributed by atoms with E-state index in [9.17, 15) is 0 Å². The maximum atomic E-state index is 6.00. The Labute approximate surface area is 226 Å². The van der Waals surface area contributed by atoms with Crippen molar-refractivity contribution < 1.29 is 9.47 Å². The number of benzene rings is 2. The highest BCUT2D eigenvalue weighted by atomic mass is 32.1. The van der Waals surface area contributed by atoms with Crippen LogP contribution in [0.1, 0.15) is 23.2 Å². The van der Waals surface area contributed by atoms with Crippen LogP contribution in [-0.4, -0.2) is 40.2 Å². The fourth-order valence-electron chi connectivity index (χ4n) is 3.93. The number of ether oxygens (including phenoxy) is 2. The molecule has 194 valence electrons. The van der Waals surface area contributed by atoms with Crippen molar-refractivity contribution >= 4 is 33.2 Å². The van der Waals surface area contributed by atoms with Gasteiger partial charge >= 0.3 is 0 Å². The van der Waals surface area contributed by atoms with Crippen molar-refractivity contribution in [3.63, 3.8) is 0 Å². The first-order valence-electron chi connectivity index (χ1n) is 12.5. The fraction of sp³-hybridized carbons (Fsp3) is 0.241. The summed E-state index contributed by atoms with van der Waals surface area (Å²) < 4.78 is 11.1. The molecule has 8 nitrogen and oxygen atoms in total. The van der Waals surface area contributed by atoms with Crippen LogP contribution < -0.4 is 15.4 Å². The second-order valence-electron chi connectivity index (χ2n) is 8.96. The van der Waals surface area contributed by atoms with Gasteiger partial charge in [0.25, 0.3) is 0 Å². The van der Waals surface area contributed by atoms with Crippen LogP contribution in [0.5, 0.6) is 11.5 Å². The van der Waals surface area contributed by atoms with E-state index >= 15 is 0 Å². The Balaban J connectivity index is 1.28. The van der Waals surface area contributed by atoms with E-state index in [0.717, 1.165) is 69.7 Å². The Morgan fingerprint density at radius 2 is 1.82 bits per heavy atom. The highest BCUT2D eigenvalue weighted by molar-refractivity contribution is 7.21. The molecular weight excluding hydrogens is 496 g/mol. The van der Waals surface area contributed by atoms with Crippen molar-refractivity contribution in [3.05, 3.63) is 83.9 Å². The van der Waals surface area contributed by atoms with Crippen molar-refractivity contribution in [2.45, 2.75) is 26.8 Å². The number of hydrogen-bond donors (Lipinski definition) is 2. The molecule has 0 saturated heterocycles. The predicted octanol–water partition coefficient (Wildman–Crippen LogP) is 6.43. The molecule has 38 heavy (non-hydrogen) atoms. The monoisotopic (exact) mass is 526 g/mol. The molecule has 2 N–H and O–H groups in total. The summed E-state index contributed by atoms with van der Waals surface area (Å²) >= 11 is 1.56. The molecule has 0 fully saturated rings. The first-order valence-corrected chi connectivity index (χ1v) is 13.3. The quantitative estimate of drug-likeness (QED) is 0.190. The van der Waals surface area contributed by atoms with Gasteiger partial charge < -0.3 is 20.1 Å². The summed E-state index contributed by atoms with van der Waals surface area (Å²) in [5.74, 6) is 2.15. The lowest BCUT2D eigenvalue weighted by molar-refractivity contribution is 0.194. The van der Waals surface area contributed by atoms with Crippen LogP contribution in [0.4, 0.5) is 11.5 Å². The zero-order valence-electron chi connectivity index (χ0n) is 21.7. The second-order valence-corrected chi connectivity index (χ2v) is 9.94. The highest BCUT2D eigenvalue weighted by Crippen LogP contribution is 2.34. The van der Waals surface area contributed by atoms with Crippen LogP contribution in [0.2, 0.25) is 0 Å². The smallest absolute Gasteiger partial charge is 0.161 e. The number of hydrogen-bond acceptors (Lipinski definition) is 9. The summed E-state index contributed by atoms with van der Waals surface area (Å²) in [6.07, 6.45) is 4.30. The third-order valence-corrected chi connectivity index (χ3v) is 6.99. The van der Waals surface area contributed by atoms with E-state index in [4.69, 9.17) is 14.5 Å². The van der Waals surface area contributed by atoms with E-state index < -0.39 is 0 Å². The third-order valence-electron chi connectivity index (χ3n) is 5.98. The Kier molecular flexibility index (Phi) is 8.18. The minimum atomic E-state index is 0.671. The molecule has 0 bridgehead atoms. The zero-order valence-corrected chi connectivity index (χ0v) is 22.5. The molecule has 0 aliphatic heterocycles. The number of rotatable bonds is 11. The number of aryl methyl sites for hydroxylation is 2. The zero-order chi connectivity index (χ0) is 26.3. The summed E-state index contributed by atoms with van der Waals surface area (Å²) in [4.78, 5) is 18.9. The lowest BCUT2D eigenvalue weighted by Gasteiger charge is -2.11. The Morgan fingerprint density at radius 1 is 0.947 bits per heavy atom. The average molecular weight is 527 g/mol. The van der Waals surface area contributed by atoms with Crippen LogP contribution in [-0.2, 0) is 11.3 Å². The molecule has 9 heteroatoms. The molecule has 0 amide bonds. The number of aromatic nitrogens is 4. The third kappa shape index (κ3) is 6.31. The topological polar surface area (TPSA) is 94.1 Å². The molecule has 0 unspecified atom stereocenters. The van der Waals surface area contributed by atoms with E-state index in [1.165, 1.54) is 5.56 Å². The SMILES string of the molecule is COCCCNCc1ccc(-c2nc3c(Nc4ccc(Oc5ccc(C)nc5)c(C)c4)ncnc3s2)cc1. The van der Waals surface area contributed by atoms with Gasteiger partial charge in [-0.05, 0) is 68.3 Å². The molecule has 5 rings (SSSR count). The van der Waals surface area contributed by atoms with E-state index in [-0.39, 0.29) is 0 Å². The van der Waals surface area contributed by atoms with Crippen LogP contribution in [0.3, 0.4) is 0 Å². The molecule has 5 aromatic rings. The number of methoxy groups -OCH3 is 1. The number of nitrogens with zero attached hydrogens (tertiary/aromatic N) is 4. The molecule has 0 radical (unpaired) electrons. The van der Waals surface area contributed by atoms with Crippen molar-refractivity contribution in [1.82, 2.24) is 25.3 Å². The molecule has 3 heterocycles. The van der Waals surface area contributed by atoms with Crippen LogP contribution in [0, 0.1) is 13.8 Å². The molecule has 2 aromatic carbocycles. The normalized spacial score (nSPS) is 11.1. The van der Waals surface area contributed by atoms with Crippen molar-refractivity contribution in [2.75, 3.05) is 25.6 Å². The number of thiazole rings is 1. The maximum absolute atomic E-state index is 6.00. The molecule has 0 aliphatic carbocycles. The lowest BCUT2D eigenvalue weighted by Crippen LogP contribution is -2.15. The Morgan fingerprint density at radius 3 is 2.58 bits per heavy atom. The van der Waals surface area contributed by atoms with Gasteiger partial charge in [0.2, 0.25) is 0 Å². The summed E-state index contributed by atoms with van der Waals surface area (Å²) in [5, 5.41) is 7.76. The largest absolute Gasteiger partial charge is 0.455 e. The predicted molar refractivity (Wildman–Crippen MR) is 152 cm³/mol. The molecule has 3 aromatic heterocycles. The number of nitrogens with one attached hydrogen (secondary N) is 2. The highest BCUT2D eigenvalue weighted by Gasteiger charge is 2.13. The second kappa shape index (κ2) is 12.1. The van der Waals surface area contributed by atoms with Gasteiger partial charge in [-0.1, -0.05) is 35.6 Å². The van der Waals surface area contributed by atoms with E-state index in [1.807, 2.05) is 44.2 Å². The lowest BCUT2D eigenvalue weighted by atomic mass is 10.1. The minimum Gasteiger partial charge on any atom is -0.455 e. The standard InChI is InChI=1S/C29H30N6O2S/c1-19-15-23(10-12-25(19)37-24-11-5-20(2)31-17-24)34-27-26-29(33-18-32-27)38-28(35-26)22-8-6-21(7-9-22)16-30-13-4-14-36-3/h5-12,15,17-18,30H,4,13-14,16H2,1-3H3,(H,32,33,34). The number of anilines is 2. The van der Waals surface area contributed by atoms with Gasteiger partial charge in [0.1, 0.15) is 33.2 Å². The van der Waals surface area contributed by atoms with Gasteiger partial charge in [0.15, 0.2) is 5.82 Å². The molecular formula is C29H30N6O2S. The summed E-state index contributed by atoms with van der Waals surface area (Å²) in [6.45, 7) is 6.49. The van der Waals surface area contributed by atoms with E-state index in [1.54, 1.807) is 31.0 Å². The van der Waals surface area contributed by atoms with Gasteiger partial charge in [-0.2, -0.15) is 0 Å². The summed E-state index contributed by atoms with van der Waals surface area (Å²) in [5.41, 5.74) is 5.89. The summed E-state index contributed by atoms with van der Waals surface area (Å²) in [7, 11) is 1.73. The first kappa shape index (κ1) is 25.7. The van der Waals surface area contributed by atoms with Gasteiger partial charge in [-0.3, -0.25) is 4.98 Å².